The predicted octanol–water partition coefficient (Wildman–Crippen LogP) is 2.85. The molecule has 0 aromatic heterocycles. The number of ether oxygens (including phenoxy) is 1. The molecule has 0 bridgehead atoms. The fraction of sp³-hybridized carbons (Fsp3) is 0.688. The summed E-state index contributed by atoms with van der Waals surface area (Å²) in [5, 5.41) is 0. The zero-order valence-electron chi connectivity index (χ0n) is 13.0. The Bertz CT molecular complexity index is 459. The van der Waals surface area contributed by atoms with Gasteiger partial charge >= 0.3 is 5.97 Å². The van der Waals surface area contributed by atoms with E-state index in [9.17, 15) is 14.4 Å². The Kier molecular flexibility index (Phi) is 4.90. The summed E-state index contributed by atoms with van der Waals surface area (Å²) in [7, 11) is 1.22. The summed E-state index contributed by atoms with van der Waals surface area (Å²) in [4.78, 5) is 35.9. The van der Waals surface area contributed by atoms with Gasteiger partial charge in [0.05, 0.1) is 7.11 Å². The van der Waals surface area contributed by atoms with E-state index in [-0.39, 0.29) is 12.2 Å². The van der Waals surface area contributed by atoms with Crippen molar-refractivity contribution in [1.82, 2.24) is 0 Å². The predicted molar refractivity (Wildman–Crippen MR) is 76.1 cm³/mol. The summed E-state index contributed by atoms with van der Waals surface area (Å²) in [5.41, 5.74) is -0.191. The Morgan fingerprint density at radius 2 is 1.95 bits per heavy atom. The maximum Gasteiger partial charge on any atom is 0.374 e. The van der Waals surface area contributed by atoms with Crippen LogP contribution in [0, 0.1) is 10.8 Å². The Morgan fingerprint density at radius 1 is 1.35 bits per heavy atom. The van der Waals surface area contributed by atoms with Gasteiger partial charge in [0.15, 0.2) is 0 Å². The van der Waals surface area contributed by atoms with Crippen molar-refractivity contribution in [3.05, 3.63) is 11.6 Å². The molecule has 0 N–H and O–H groups in total. The number of rotatable bonds is 5. The highest BCUT2D eigenvalue weighted by Crippen LogP contribution is 2.51. The minimum atomic E-state index is -0.842. The van der Waals surface area contributed by atoms with E-state index in [1.54, 1.807) is 0 Å². The third-order valence-corrected chi connectivity index (χ3v) is 4.54. The fourth-order valence-electron chi connectivity index (χ4n) is 3.17. The highest BCUT2D eigenvalue weighted by molar-refractivity contribution is 6.36. The first-order valence-electron chi connectivity index (χ1n) is 6.94. The lowest BCUT2D eigenvalue weighted by Gasteiger charge is -2.46. The molecule has 1 aliphatic carbocycles. The third-order valence-electron chi connectivity index (χ3n) is 4.54. The van der Waals surface area contributed by atoms with Gasteiger partial charge in [0.2, 0.25) is 5.78 Å². The molecule has 1 unspecified atom stereocenters. The number of methoxy groups -OCH3 is 1. The van der Waals surface area contributed by atoms with Gasteiger partial charge in [-0.25, -0.2) is 4.79 Å². The molecule has 4 nitrogen and oxygen atoms in total. The van der Waals surface area contributed by atoms with Crippen molar-refractivity contribution in [1.29, 1.82) is 0 Å². The van der Waals surface area contributed by atoms with Crippen LogP contribution in [0.4, 0.5) is 0 Å². The second-order valence-corrected chi connectivity index (χ2v) is 6.42. The lowest BCUT2D eigenvalue weighted by Crippen LogP contribution is -2.49. The molecule has 4 heteroatoms. The van der Waals surface area contributed by atoms with Crippen molar-refractivity contribution < 1.29 is 19.1 Å². The molecule has 0 radical (unpaired) electrons. The van der Waals surface area contributed by atoms with Crippen LogP contribution < -0.4 is 0 Å². The van der Waals surface area contributed by atoms with Crippen LogP contribution in [0.3, 0.4) is 0 Å². The van der Waals surface area contributed by atoms with E-state index in [2.05, 4.69) is 4.74 Å². The summed E-state index contributed by atoms with van der Waals surface area (Å²) >= 11 is 0. The van der Waals surface area contributed by atoms with Crippen LogP contribution in [0.2, 0.25) is 0 Å². The van der Waals surface area contributed by atoms with E-state index < -0.39 is 22.6 Å². The Hall–Kier alpha value is -1.45. The minimum absolute atomic E-state index is 0.0262. The molecule has 0 amide bonds. The molecule has 0 aromatic carbocycles. The van der Waals surface area contributed by atoms with E-state index in [1.807, 2.05) is 26.8 Å². The second kappa shape index (κ2) is 5.90. The van der Waals surface area contributed by atoms with Gasteiger partial charge in [0.1, 0.15) is 5.78 Å². The van der Waals surface area contributed by atoms with Crippen molar-refractivity contribution in [2.24, 2.45) is 10.8 Å². The summed E-state index contributed by atoms with van der Waals surface area (Å²) < 4.78 is 4.62. The van der Waals surface area contributed by atoms with E-state index in [4.69, 9.17) is 0 Å². The molecule has 1 aliphatic rings. The van der Waals surface area contributed by atoms with Crippen LogP contribution >= 0.6 is 0 Å². The molecule has 0 heterocycles. The van der Waals surface area contributed by atoms with Gasteiger partial charge in [0, 0.05) is 11.8 Å². The number of carbonyl (C=O) groups excluding carboxylic acids is 3. The quantitative estimate of drug-likeness (QED) is 0.441. The summed E-state index contributed by atoms with van der Waals surface area (Å²) in [6.07, 6.45) is 4.13. The van der Waals surface area contributed by atoms with Gasteiger partial charge in [0.25, 0.3) is 0 Å². The molecule has 0 saturated heterocycles. The molecule has 0 saturated carbocycles. The van der Waals surface area contributed by atoms with Crippen molar-refractivity contribution in [2.45, 2.75) is 53.4 Å². The van der Waals surface area contributed by atoms with Crippen LogP contribution in [-0.4, -0.2) is 24.6 Å². The van der Waals surface area contributed by atoms with E-state index in [0.717, 1.165) is 6.42 Å². The molecule has 112 valence electrons. The first-order valence-corrected chi connectivity index (χ1v) is 6.94. The molecule has 0 aliphatic heterocycles. The summed E-state index contributed by atoms with van der Waals surface area (Å²) in [6.45, 7) is 7.32. The van der Waals surface area contributed by atoms with Crippen LogP contribution in [0.15, 0.2) is 11.6 Å². The molecule has 0 aromatic rings. The van der Waals surface area contributed by atoms with Gasteiger partial charge in [-0.2, -0.15) is 0 Å². The summed E-state index contributed by atoms with van der Waals surface area (Å²) in [5.74, 6) is -1.29. The molecule has 1 rings (SSSR count). The lowest BCUT2D eigenvalue weighted by atomic mass is 9.55. The molecule has 0 fully saturated rings. The highest BCUT2D eigenvalue weighted by Gasteiger charge is 2.53. The maximum atomic E-state index is 12.6. The standard InChI is InChI=1S/C16H24O4/c1-11-6-8-16(9-7-11,13(18)14(19)20-5)15(3,4)10-12(2)17/h6H,7-10H2,1-5H3. The summed E-state index contributed by atoms with van der Waals surface area (Å²) in [6, 6.07) is 0. The number of allylic oxidation sites excluding steroid dienone is 2. The van der Waals surface area contributed by atoms with Crippen LogP contribution in [0.5, 0.6) is 0 Å². The van der Waals surface area contributed by atoms with Crippen LogP contribution in [0.1, 0.15) is 53.4 Å². The normalized spacial score (nSPS) is 22.9. The van der Waals surface area contributed by atoms with Gasteiger partial charge in [-0.15, -0.1) is 0 Å². The van der Waals surface area contributed by atoms with Gasteiger partial charge < -0.3 is 9.53 Å². The average molecular weight is 280 g/mol. The van der Waals surface area contributed by atoms with E-state index >= 15 is 0 Å². The molecular weight excluding hydrogens is 256 g/mol. The first-order chi connectivity index (χ1) is 9.16. The number of ketones is 2. The third kappa shape index (κ3) is 3.00. The monoisotopic (exact) mass is 280 g/mol. The minimum Gasteiger partial charge on any atom is -0.463 e. The number of esters is 1. The number of Topliss-reactive ketones (excluding diaryl/α,β-unsaturated/α-hetero) is 2. The zero-order valence-corrected chi connectivity index (χ0v) is 13.0. The molecule has 1 atom stereocenters. The molecular formula is C16H24O4. The highest BCUT2D eigenvalue weighted by atomic mass is 16.5. The van der Waals surface area contributed by atoms with E-state index in [1.165, 1.54) is 19.6 Å². The van der Waals surface area contributed by atoms with Crippen molar-refractivity contribution >= 4 is 17.5 Å². The Labute approximate surface area is 120 Å². The topological polar surface area (TPSA) is 60.4 Å². The number of hydrogen-bond donors (Lipinski definition) is 0. The van der Waals surface area contributed by atoms with Crippen molar-refractivity contribution in [3.8, 4) is 0 Å². The van der Waals surface area contributed by atoms with Gasteiger partial charge in [-0.05, 0) is 38.5 Å². The number of carbonyl (C=O) groups is 3. The fourth-order valence-corrected chi connectivity index (χ4v) is 3.17. The zero-order chi connectivity index (χ0) is 15.6. The second-order valence-electron chi connectivity index (χ2n) is 6.42. The van der Waals surface area contributed by atoms with Crippen molar-refractivity contribution in [2.75, 3.05) is 7.11 Å². The van der Waals surface area contributed by atoms with Crippen LogP contribution in [0.25, 0.3) is 0 Å². The maximum absolute atomic E-state index is 12.6. The van der Waals surface area contributed by atoms with Gasteiger partial charge in [-0.1, -0.05) is 25.5 Å². The van der Waals surface area contributed by atoms with Gasteiger partial charge in [-0.3, -0.25) is 4.79 Å². The SMILES string of the molecule is COC(=O)C(=O)C1(C(C)(C)CC(C)=O)CC=C(C)CC1. The number of hydrogen-bond acceptors (Lipinski definition) is 4. The largest absolute Gasteiger partial charge is 0.463 e. The Balaban J connectivity index is 3.25. The molecule has 0 spiro atoms. The first kappa shape index (κ1) is 16.6. The van der Waals surface area contributed by atoms with E-state index in [0.29, 0.717) is 12.8 Å². The molecule has 20 heavy (non-hydrogen) atoms. The smallest absolute Gasteiger partial charge is 0.374 e. The van der Waals surface area contributed by atoms with Crippen molar-refractivity contribution in [3.63, 3.8) is 0 Å². The average Bonchev–Trinajstić information content (AvgIpc) is 2.36. The lowest BCUT2D eigenvalue weighted by molar-refractivity contribution is -0.161. The Morgan fingerprint density at radius 3 is 2.35 bits per heavy atom. The van der Waals surface area contributed by atoms with Crippen LogP contribution in [-0.2, 0) is 19.1 Å².